The van der Waals surface area contributed by atoms with Gasteiger partial charge in [-0.05, 0) is 23.8 Å². The third-order valence-corrected chi connectivity index (χ3v) is 4.42. The van der Waals surface area contributed by atoms with E-state index >= 15 is 0 Å². The Balaban J connectivity index is 1.67. The second kappa shape index (κ2) is 7.36. The highest BCUT2D eigenvalue weighted by molar-refractivity contribution is 6.14. The lowest BCUT2D eigenvalue weighted by atomic mass is 10.0. The van der Waals surface area contributed by atoms with Gasteiger partial charge in [0.1, 0.15) is 5.56 Å². The number of carbonyl (C=O) groups is 2. The average molecular weight is 372 g/mol. The van der Waals surface area contributed by atoms with Crippen LogP contribution in [-0.2, 0) is 4.74 Å². The maximum Gasteiger partial charge on any atom is 0.344 e. The summed E-state index contributed by atoms with van der Waals surface area (Å²) in [5.74, 6) is -1.19. The molecule has 4 aromatic rings. The van der Waals surface area contributed by atoms with Gasteiger partial charge >= 0.3 is 5.97 Å². The van der Waals surface area contributed by atoms with E-state index in [4.69, 9.17) is 4.74 Å². The van der Waals surface area contributed by atoms with Gasteiger partial charge in [-0.3, -0.25) is 9.59 Å². The van der Waals surface area contributed by atoms with E-state index in [9.17, 15) is 14.4 Å². The number of H-pyrrole nitrogens is 2. The molecule has 0 spiro atoms. The van der Waals surface area contributed by atoms with Crippen LogP contribution in [0.25, 0.3) is 22.2 Å². The van der Waals surface area contributed by atoms with Crippen LogP contribution in [0.1, 0.15) is 20.7 Å². The first kappa shape index (κ1) is 17.5. The molecule has 0 aliphatic carbocycles. The van der Waals surface area contributed by atoms with Crippen LogP contribution in [0.3, 0.4) is 0 Å². The molecule has 0 fully saturated rings. The van der Waals surface area contributed by atoms with Gasteiger partial charge in [-0.2, -0.15) is 0 Å². The van der Waals surface area contributed by atoms with Crippen molar-refractivity contribution in [1.82, 2.24) is 9.97 Å². The van der Waals surface area contributed by atoms with Crippen molar-refractivity contribution in [2.24, 2.45) is 0 Å². The summed E-state index contributed by atoms with van der Waals surface area (Å²) in [6.45, 7) is -0.463. The molecule has 138 valence electrons. The largest absolute Gasteiger partial charge is 0.454 e. The van der Waals surface area contributed by atoms with Gasteiger partial charge in [0.15, 0.2) is 6.61 Å². The van der Waals surface area contributed by atoms with E-state index in [1.165, 1.54) is 18.3 Å². The number of Topliss-reactive ketones (excluding diaryl/α,β-unsaturated/α-hetero) is 1. The Morgan fingerprint density at radius 1 is 0.893 bits per heavy atom. The summed E-state index contributed by atoms with van der Waals surface area (Å²) in [4.78, 5) is 42.5. The van der Waals surface area contributed by atoms with Crippen molar-refractivity contribution in [1.29, 1.82) is 0 Å². The van der Waals surface area contributed by atoms with Crippen molar-refractivity contribution in [3.05, 3.63) is 94.4 Å². The minimum absolute atomic E-state index is 0.141. The van der Waals surface area contributed by atoms with Gasteiger partial charge in [0.05, 0.1) is 11.3 Å². The van der Waals surface area contributed by atoms with Crippen LogP contribution >= 0.6 is 0 Å². The first-order valence-electron chi connectivity index (χ1n) is 8.69. The minimum Gasteiger partial charge on any atom is -0.454 e. The number of rotatable bonds is 5. The summed E-state index contributed by atoms with van der Waals surface area (Å²) in [5, 5.41) is 0.750. The van der Waals surface area contributed by atoms with E-state index in [-0.39, 0.29) is 11.3 Å². The predicted octanol–water partition coefficient (Wildman–Crippen LogP) is 3.56. The lowest BCUT2D eigenvalue weighted by molar-refractivity contribution is 0.0473. The van der Waals surface area contributed by atoms with Crippen LogP contribution in [-0.4, -0.2) is 28.3 Å². The maximum atomic E-state index is 13.0. The molecule has 0 aliphatic rings. The van der Waals surface area contributed by atoms with E-state index in [2.05, 4.69) is 9.97 Å². The van der Waals surface area contributed by atoms with Gasteiger partial charge in [-0.1, -0.05) is 48.5 Å². The summed E-state index contributed by atoms with van der Waals surface area (Å²) in [6, 6.07) is 19.8. The Hall–Kier alpha value is -3.93. The zero-order chi connectivity index (χ0) is 19.5. The first-order chi connectivity index (χ1) is 13.6. The maximum absolute atomic E-state index is 13.0. The van der Waals surface area contributed by atoms with Gasteiger partial charge in [-0.15, -0.1) is 0 Å². The number of ketones is 1. The van der Waals surface area contributed by atoms with Crippen molar-refractivity contribution in [2.75, 3.05) is 6.61 Å². The average Bonchev–Trinajstić information content (AvgIpc) is 3.12. The van der Waals surface area contributed by atoms with Crippen molar-refractivity contribution < 1.29 is 14.3 Å². The number of para-hydroxylation sites is 1. The minimum atomic E-state index is -0.837. The third kappa shape index (κ3) is 3.23. The SMILES string of the molecule is O=C(OCC(=O)c1c(-c2ccccc2)[nH]c2ccccc12)c1ccc[nH]c1=O. The molecule has 4 rings (SSSR count). The number of esters is 1. The fraction of sp³-hybridized carbons (Fsp3) is 0.0455. The number of carbonyl (C=O) groups excluding carboxylic acids is 2. The van der Waals surface area contributed by atoms with Crippen LogP contribution in [0.5, 0.6) is 0 Å². The Morgan fingerprint density at radius 3 is 2.43 bits per heavy atom. The standard InChI is InChI=1S/C22H16N2O4/c25-18(13-28-22(27)16-10-6-12-23-21(16)26)19-15-9-4-5-11-17(15)24-20(19)14-7-2-1-3-8-14/h1-12,24H,13H2,(H,23,26). The number of hydrogen-bond donors (Lipinski definition) is 2. The van der Waals surface area contributed by atoms with Crippen molar-refractivity contribution in [3.8, 4) is 11.3 Å². The van der Waals surface area contributed by atoms with Crippen LogP contribution < -0.4 is 5.56 Å². The molecule has 0 atom stereocenters. The van der Waals surface area contributed by atoms with Crippen LogP contribution in [0.15, 0.2) is 77.7 Å². The molecule has 0 saturated carbocycles. The monoisotopic (exact) mass is 372 g/mol. The number of pyridine rings is 1. The van der Waals surface area contributed by atoms with Crippen LogP contribution in [0.2, 0.25) is 0 Å². The number of aromatic nitrogens is 2. The highest BCUT2D eigenvalue weighted by Crippen LogP contribution is 2.30. The predicted molar refractivity (Wildman–Crippen MR) is 105 cm³/mol. The zero-order valence-corrected chi connectivity index (χ0v) is 14.8. The molecular weight excluding hydrogens is 356 g/mol. The molecule has 2 aromatic carbocycles. The Kier molecular flexibility index (Phi) is 4.60. The number of benzene rings is 2. The smallest absolute Gasteiger partial charge is 0.344 e. The van der Waals surface area contributed by atoms with Gasteiger partial charge in [0.25, 0.3) is 5.56 Å². The molecule has 0 radical (unpaired) electrons. The highest BCUT2D eigenvalue weighted by atomic mass is 16.5. The summed E-state index contributed by atoms with van der Waals surface area (Å²) < 4.78 is 5.11. The molecule has 0 aliphatic heterocycles. The Labute approximate surface area is 159 Å². The first-order valence-corrected chi connectivity index (χ1v) is 8.69. The van der Waals surface area contributed by atoms with Crippen LogP contribution in [0.4, 0.5) is 0 Å². The molecule has 2 N–H and O–H groups in total. The zero-order valence-electron chi connectivity index (χ0n) is 14.8. The summed E-state index contributed by atoms with van der Waals surface area (Å²) in [6.07, 6.45) is 1.42. The lowest BCUT2D eigenvalue weighted by Crippen LogP contribution is -2.21. The summed E-state index contributed by atoms with van der Waals surface area (Å²) in [5.41, 5.74) is 2.09. The number of nitrogens with one attached hydrogen (secondary N) is 2. The molecule has 6 heteroatoms. The second-order valence-electron chi connectivity index (χ2n) is 6.20. The van der Waals surface area contributed by atoms with Gasteiger partial charge in [0.2, 0.25) is 5.78 Å². The van der Waals surface area contributed by atoms with Gasteiger partial charge in [0, 0.05) is 17.1 Å². The van der Waals surface area contributed by atoms with E-state index in [0.29, 0.717) is 11.3 Å². The highest BCUT2D eigenvalue weighted by Gasteiger charge is 2.21. The normalized spacial score (nSPS) is 10.7. The van der Waals surface area contributed by atoms with E-state index in [1.807, 2.05) is 54.6 Å². The Bertz CT molecular complexity index is 1220. The molecule has 6 nitrogen and oxygen atoms in total. The number of aromatic amines is 2. The molecular formula is C22H16N2O4. The number of fused-ring (bicyclic) bond motifs is 1. The molecule has 0 amide bonds. The molecule has 2 heterocycles. The Morgan fingerprint density at radius 2 is 1.64 bits per heavy atom. The summed E-state index contributed by atoms with van der Waals surface area (Å²) in [7, 11) is 0. The van der Waals surface area contributed by atoms with Crippen molar-refractivity contribution >= 4 is 22.7 Å². The van der Waals surface area contributed by atoms with Crippen molar-refractivity contribution in [2.45, 2.75) is 0 Å². The van der Waals surface area contributed by atoms with E-state index < -0.39 is 18.1 Å². The number of hydrogen-bond acceptors (Lipinski definition) is 4. The lowest BCUT2D eigenvalue weighted by Gasteiger charge is -2.06. The number of ether oxygens (including phenoxy) is 1. The van der Waals surface area contributed by atoms with Crippen molar-refractivity contribution in [3.63, 3.8) is 0 Å². The second-order valence-corrected chi connectivity index (χ2v) is 6.20. The molecule has 0 saturated heterocycles. The topological polar surface area (TPSA) is 92.0 Å². The van der Waals surface area contributed by atoms with Gasteiger partial charge < -0.3 is 14.7 Å². The molecule has 0 bridgehead atoms. The van der Waals surface area contributed by atoms with E-state index in [0.717, 1.165) is 16.5 Å². The van der Waals surface area contributed by atoms with Gasteiger partial charge in [-0.25, -0.2) is 4.79 Å². The summed E-state index contributed by atoms with van der Waals surface area (Å²) >= 11 is 0. The molecule has 2 aromatic heterocycles. The van der Waals surface area contributed by atoms with Crippen LogP contribution in [0, 0.1) is 0 Å². The third-order valence-electron chi connectivity index (χ3n) is 4.42. The fourth-order valence-corrected chi connectivity index (χ4v) is 3.12. The quantitative estimate of drug-likeness (QED) is 0.414. The molecule has 28 heavy (non-hydrogen) atoms. The molecule has 0 unspecified atom stereocenters. The fourth-order valence-electron chi connectivity index (χ4n) is 3.12. The van der Waals surface area contributed by atoms with E-state index in [1.54, 1.807) is 0 Å².